The number of hydrogen-bond donors (Lipinski definition) is 0. The fourth-order valence-corrected chi connectivity index (χ4v) is 4.30. The minimum Gasteiger partial charge on any atom is -0.273 e. The highest BCUT2D eigenvalue weighted by Gasteiger charge is 2.46. The zero-order chi connectivity index (χ0) is 16.6. The molecule has 0 aromatic heterocycles. The van der Waals surface area contributed by atoms with Crippen molar-refractivity contribution in [1.82, 2.24) is 0 Å². The van der Waals surface area contributed by atoms with Gasteiger partial charge in [-0.15, -0.1) is 0 Å². The monoisotopic (exact) mass is 349 g/mol. The van der Waals surface area contributed by atoms with Gasteiger partial charge in [-0.25, -0.2) is 13.3 Å². The molecule has 118 valence electrons. The van der Waals surface area contributed by atoms with Gasteiger partial charge in [-0.1, -0.05) is 41.9 Å². The van der Waals surface area contributed by atoms with Crippen LogP contribution in [0.1, 0.15) is 10.8 Å². The van der Waals surface area contributed by atoms with Crippen molar-refractivity contribution < 1.29 is 18.0 Å². The highest BCUT2D eigenvalue weighted by atomic mass is 35.5. The first-order valence-electron chi connectivity index (χ1n) is 6.79. The SMILES string of the molecule is O=C1CS(=O)(=O)[C@@H](c2ccccc2)C(=O)N1c1ccc(Cl)cc1. The Morgan fingerprint density at radius 1 is 0.957 bits per heavy atom. The molecule has 0 radical (unpaired) electrons. The van der Waals surface area contributed by atoms with Crippen molar-refractivity contribution in [2.75, 3.05) is 10.7 Å². The van der Waals surface area contributed by atoms with E-state index in [1.54, 1.807) is 30.3 Å². The van der Waals surface area contributed by atoms with E-state index in [2.05, 4.69) is 0 Å². The Labute approximate surface area is 138 Å². The van der Waals surface area contributed by atoms with Crippen LogP contribution >= 0.6 is 11.6 Å². The average molecular weight is 350 g/mol. The van der Waals surface area contributed by atoms with E-state index in [-0.39, 0.29) is 0 Å². The Morgan fingerprint density at radius 2 is 1.57 bits per heavy atom. The molecule has 0 unspecified atom stereocenters. The molecule has 1 aliphatic heterocycles. The number of benzene rings is 2. The van der Waals surface area contributed by atoms with Gasteiger partial charge in [0, 0.05) is 5.02 Å². The maximum Gasteiger partial charge on any atom is 0.256 e. The number of carbonyl (C=O) groups is 2. The summed E-state index contributed by atoms with van der Waals surface area (Å²) in [6.07, 6.45) is 0. The van der Waals surface area contributed by atoms with Crippen LogP contribution in [0.3, 0.4) is 0 Å². The molecule has 1 aliphatic rings. The van der Waals surface area contributed by atoms with Crippen molar-refractivity contribution in [3.05, 3.63) is 65.2 Å². The molecule has 0 N–H and O–H groups in total. The second-order valence-corrected chi connectivity index (χ2v) is 7.66. The summed E-state index contributed by atoms with van der Waals surface area (Å²) in [7, 11) is -3.89. The third kappa shape index (κ3) is 2.87. The van der Waals surface area contributed by atoms with Crippen LogP contribution in [0.5, 0.6) is 0 Å². The minimum atomic E-state index is -3.89. The summed E-state index contributed by atoms with van der Waals surface area (Å²) < 4.78 is 24.7. The van der Waals surface area contributed by atoms with Gasteiger partial charge >= 0.3 is 0 Å². The normalized spacial score (nSPS) is 20.6. The molecule has 1 atom stereocenters. The third-order valence-corrected chi connectivity index (χ3v) is 5.66. The number of sulfone groups is 1. The lowest BCUT2D eigenvalue weighted by Crippen LogP contribution is -2.51. The summed E-state index contributed by atoms with van der Waals surface area (Å²) in [6.45, 7) is 0. The molecule has 2 aromatic rings. The van der Waals surface area contributed by atoms with Crippen LogP contribution in [0.4, 0.5) is 5.69 Å². The molecule has 2 amide bonds. The van der Waals surface area contributed by atoms with Gasteiger partial charge in [-0.2, -0.15) is 0 Å². The van der Waals surface area contributed by atoms with Crippen LogP contribution < -0.4 is 4.90 Å². The smallest absolute Gasteiger partial charge is 0.256 e. The van der Waals surface area contributed by atoms with E-state index in [1.165, 1.54) is 24.3 Å². The number of carbonyl (C=O) groups excluding carboxylic acids is 2. The topological polar surface area (TPSA) is 71.5 Å². The summed E-state index contributed by atoms with van der Waals surface area (Å²) >= 11 is 5.81. The van der Waals surface area contributed by atoms with Gasteiger partial charge in [0.05, 0.1) is 5.69 Å². The largest absolute Gasteiger partial charge is 0.273 e. The number of hydrogen-bond acceptors (Lipinski definition) is 4. The predicted octanol–water partition coefficient (Wildman–Crippen LogP) is 2.37. The van der Waals surface area contributed by atoms with E-state index in [9.17, 15) is 18.0 Å². The Kier molecular flexibility index (Phi) is 3.95. The van der Waals surface area contributed by atoms with E-state index in [4.69, 9.17) is 11.6 Å². The van der Waals surface area contributed by atoms with Gasteiger partial charge in [0.15, 0.2) is 15.1 Å². The number of amides is 2. The molecule has 1 fully saturated rings. The van der Waals surface area contributed by atoms with Crippen LogP contribution in [0.15, 0.2) is 54.6 Å². The summed E-state index contributed by atoms with van der Waals surface area (Å²) in [5, 5.41) is -0.921. The maximum atomic E-state index is 12.7. The summed E-state index contributed by atoms with van der Waals surface area (Å²) in [4.78, 5) is 25.8. The first-order chi connectivity index (χ1) is 10.9. The van der Waals surface area contributed by atoms with Gasteiger partial charge in [0.1, 0.15) is 5.75 Å². The van der Waals surface area contributed by atoms with Crippen molar-refractivity contribution in [2.24, 2.45) is 0 Å². The van der Waals surface area contributed by atoms with Crippen LogP contribution in [0.2, 0.25) is 5.02 Å². The van der Waals surface area contributed by atoms with Crippen molar-refractivity contribution in [3.63, 3.8) is 0 Å². The highest BCUT2D eigenvalue weighted by molar-refractivity contribution is 7.93. The van der Waals surface area contributed by atoms with Gasteiger partial charge in [-0.3, -0.25) is 9.59 Å². The van der Waals surface area contributed by atoms with Gasteiger partial charge in [0.25, 0.3) is 5.91 Å². The predicted molar refractivity (Wildman–Crippen MR) is 86.9 cm³/mol. The Bertz CT molecular complexity index is 863. The highest BCUT2D eigenvalue weighted by Crippen LogP contribution is 2.32. The lowest BCUT2D eigenvalue weighted by molar-refractivity contribution is -0.125. The number of rotatable bonds is 2. The molecule has 3 rings (SSSR count). The second kappa shape index (κ2) is 5.79. The Balaban J connectivity index is 2.08. The van der Waals surface area contributed by atoms with Crippen molar-refractivity contribution in [1.29, 1.82) is 0 Å². The summed E-state index contributed by atoms with van der Waals surface area (Å²) in [5.41, 5.74) is 0.657. The molecule has 0 bridgehead atoms. The number of nitrogens with zero attached hydrogens (tertiary/aromatic N) is 1. The van der Waals surface area contributed by atoms with Crippen molar-refractivity contribution in [3.8, 4) is 0 Å². The molecular formula is C16H12ClNO4S. The molecule has 7 heteroatoms. The minimum absolute atomic E-state index is 0.306. The molecule has 23 heavy (non-hydrogen) atoms. The Hall–Kier alpha value is -2.18. The molecule has 0 aliphatic carbocycles. The van der Waals surface area contributed by atoms with E-state index in [0.29, 0.717) is 16.3 Å². The zero-order valence-electron chi connectivity index (χ0n) is 11.8. The lowest BCUT2D eigenvalue weighted by Gasteiger charge is -2.30. The van der Waals surface area contributed by atoms with Gasteiger partial charge < -0.3 is 0 Å². The fraction of sp³-hybridized carbons (Fsp3) is 0.125. The molecule has 0 saturated carbocycles. The first kappa shape index (κ1) is 15.7. The standard InChI is InChI=1S/C16H12ClNO4S/c17-12-6-8-13(9-7-12)18-14(19)10-23(21,22)15(16(18)20)11-4-2-1-3-5-11/h1-9,15H,10H2/t15-/m0/s1. The average Bonchev–Trinajstić information content (AvgIpc) is 2.49. The molecule has 2 aromatic carbocycles. The van der Waals surface area contributed by atoms with E-state index in [0.717, 1.165) is 4.90 Å². The van der Waals surface area contributed by atoms with Crippen LogP contribution in [-0.4, -0.2) is 26.0 Å². The van der Waals surface area contributed by atoms with Gasteiger partial charge in [-0.05, 0) is 29.8 Å². The zero-order valence-corrected chi connectivity index (χ0v) is 13.4. The summed E-state index contributed by atoms with van der Waals surface area (Å²) in [5.74, 6) is -2.24. The molecular weight excluding hydrogens is 338 g/mol. The molecule has 0 spiro atoms. The number of halogens is 1. The van der Waals surface area contributed by atoms with Crippen LogP contribution in [-0.2, 0) is 19.4 Å². The third-order valence-electron chi connectivity index (χ3n) is 3.57. The first-order valence-corrected chi connectivity index (χ1v) is 8.88. The van der Waals surface area contributed by atoms with E-state index < -0.39 is 32.7 Å². The quantitative estimate of drug-likeness (QED) is 0.780. The number of imide groups is 1. The summed E-state index contributed by atoms with van der Waals surface area (Å²) in [6, 6.07) is 14.3. The van der Waals surface area contributed by atoms with Crippen molar-refractivity contribution >= 4 is 38.9 Å². The van der Waals surface area contributed by atoms with E-state index in [1.807, 2.05) is 0 Å². The molecule has 1 heterocycles. The fourth-order valence-electron chi connectivity index (χ4n) is 2.55. The van der Waals surface area contributed by atoms with Gasteiger partial charge in [0.2, 0.25) is 5.91 Å². The number of anilines is 1. The lowest BCUT2D eigenvalue weighted by atomic mass is 10.1. The molecule has 1 saturated heterocycles. The second-order valence-electron chi connectivity index (χ2n) is 5.14. The van der Waals surface area contributed by atoms with Crippen molar-refractivity contribution in [2.45, 2.75) is 5.25 Å². The maximum absolute atomic E-state index is 12.7. The van der Waals surface area contributed by atoms with E-state index >= 15 is 0 Å². The molecule has 5 nitrogen and oxygen atoms in total. The Morgan fingerprint density at radius 3 is 2.17 bits per heavy atom. The van der Waals surface area contributed by atoms with Crippen LogP contribution in [0, 0.1) is 0 Å². The van der Waals surface area contributed by atoms with Crippen LogP contribution in [0.25, 0.3) is 0 Å².